The lowest BCUT2D eigenvalue weighted by molar-refractivity contribution is 0.0934. The van der Waals surface area contributed by atoms with E-state index in [4.69, 9.17) is 4.42 Å². The summed E-state index contributed by atoms with van der Waals surface area (Å²) in [7, 11) is 0. The minimum absolute atomic E-state index is 0.0555. The summed E-state index contributed by atoms with van der Waals surface area (Å²) in [4.78, 5) is 17.3. The number of amides is 1. The lowest BCUT2D eigenvalue weighted by atomic mass is 10.1. The molecule has 0 spiro atoms. The first kappa shape index (κ1) is 25.0. The first-order valence-corrected chi connectivity index (χ1v) is 13.9. The summed E-state index contributed by atoms with van der Waals surface area (Å²) in [5.41, 5.74) is 3.81. The second-order valence-corrected chi connectivity index (χ2v) is 10.6. The molecule has 5 aromatic rings. The van der Waals surface area contributed by atoms with Crippen molar-refractivity contribution in [2.24, 2.45) is 0 Å². The fourth-order valence-electron chi connectivity index (χ4n) is 3.97. The largest absolute Gasteiger partial charge is 0.461 e. The van der Waals surface area contributed by atoms with Crippen molar-refractivity contribution in [3.63, 3.8) is 0 Å². The van der Waals surface area contributed by atoms with E-state index in [0.717, 1.165) is 34.3 Å². The van der Waals surface area contributed by atoms with Crippen molar-refractivity contribution in [3.05, 3.63) is 100 Å². The molecule has 0 radical (unpaired) electrons. The molecule has 1 amide bonds. The molecule has 1 atom stereocenters. The van der Waals surface area contributed by atoms with Crippen LogP contribution in [0.4, 0.5) is 0 Å². The standard InChI is InChI=1S/C28H27N5O2S2/c1-19-9-6-7-12-23(19)33-26(24-13-8-16-35-24)31-32-28(33)37-18-25-30-22(17-36-25)27(34)29-20(2)14-15-21-10-4-3-5-11-21/h3-13,16-17,20H,14-15,18H2,1-2H3,(H,29,34). The van der Waals surface area contributed by atoms with E-state index in [2.05, 4.69) is 45.6 Å². The van der Waals surface area contributed by atoms with Gasteiger partial charge in [-0.1, -0.05) is 60.3 Å². The van der Waals surface area contributed by atoms with Gasteiger partial charge in [-0.15, -0.1) is 21.5 Å². The highest BCUT2D eigenvalue weighted by Gasteiger charge is 2.20. The molecule has 0 fully saturated rings. The molecule has 1 unspecified atom stereocenters. The summed E-state index contributed by atoms with van der Waals surface area (Å²) >= 11 is 3.01. The van der Waals surface area contributed by atoms with Gasteiger partial charge in [-0.3, -0.25) is 9.36 Å². The topological polar surface area (TPSA) is 85.8 Å². The van der Waals surface area contributed by atoms with Crippen molar-refractivity contribution in [1.82, 2.24) is 25.1 Å². The second kappa shape index (κ2) is 11.6. The molecule has 1 N–H and O–H groups in total. The summed E-state index contributed by atoms with van der Waals surface area (Å²) < 4.78 is 7.62. The van der Waals surface area contributed by atoms with Gasteiger partial charge in [-0.2, -0.15) is 0 Å². The van der Waals surface area contributed by atoms with Gasteiger partial charge in [0.15, 0.2) is 10.9 Å². The van der Waals surface area contributed by atoms with Crippen molar-refractivity contribution in [1.29, 1.82) is 0 Å². The van der Waals surface area contributed by atoms with Crippen LogP contribution in [-0.4, -0.2) is 31.7 Å². The minimum Gasteiger partial charge on any atom is -0.461 e. The molecule has 0 saturated carbocycles. The molecular formula is C28H27N5O2S2. The van der Waals surface area contributed by atoms with Crippen molar-refractivity contribution >= 4 is 29.0 Å². The van der Waals surface area contributed by atoms with E-state index in [1.54, 1.807) is 6.26 Å². The average molecular weight is 530 g/mol. The average Bonchev–Trinajstić information content (AvgIpc) is 3.68. The van der Waals surface area contributed by atoms with Gasteiger partial charge >= 0.3 is 0 Å². The van der Waals surface area contributed by atoms with E-state index in [-0.39, 0.29) is 11.9 Å². The monoisotopic (exact) mass is 529 g/mol. The summed E-state index contributed by atoms with van der Waals surface area (Å²) in [6, 6.07) is 22.2. The third kappa shape index (κ3) is 6.00. The molecular weight excluding hydrogens is 502 g/mol. The number of thiazole rings is 1. The number of furan rings is 1. The third-order valence-corrected chi connectivity index (χ3v) is 7.90. The fourth-order valence-corrected chi connectivity index (χ4v) is 5.70. The highest BCUT2D eigenvalue weighted by atomic mass is 32.2. The lowest BCUT2D eigenvalue weighted by Crippen LogP contribution is -2.33. The van der Waals surface area contributed by atoms with Crippen LogP contribution in [0.2, 0.25) is 0 Å². The molecule has 2 aromatic carbocycles. The molecule has 188 valence electrons. The van der Waals surface area contributed by atoms with Crippen LogP contribution in [-0.2, 0) is 12.2 Å². The quantitative estimate of drug-likeness (QED) is 0.213. The molecule has 0 aliphatic heterocycles. The van der Waals surface area contributed by atoms with E-state index >= 15 is 0 Å². The highest BCUT2D eigenvalue weighted by Crippen LogP contribution is 2.31. The fraction of sp³-hybridized carbons (Fsp3) is 0.214. The Kier molecular flexibility index (Phi) is 7.82. The molecule has 7 nitrogen and oxygen atoms in total. The number of hydrogen-bond acceptors (Lipinski definition) is 7. The molecule has 3 aromatic heterocycles. The number of nitrogens with one attached hydrogen (secondary N) is 1. The van der Waals surface area contributed by atoms with E-state index in [0.29, 0.717) is 23.0 Å². The van der Waals surface area contributed by atoms with Crippen LogP contribution in [0, 0.1) is 6.92 Å². The zero-order valence-electron chi connectivity index (χ0n) is 20.6. The van der Waals surface area contributed by atoms with Crippen LogP contribution in [0.25, 0.3) is 17.3 Å². The summed E-state index contributed by atoms with van der Waals surface area (Å²) in [6.45, 7) is 4.08. The van der Waals surface area contributed by atoms with E-state index < -0.39 is 0 Å². The van der Waals surface area contributed by atoms with E-state index in [1.165, 1.54) is 28.7 Å². The second-order valence-electron chi connectivity index (χ2n) is 8.72. The Morgan fingerprint density at radius 1 is 1.08 bits per heavy atom. The first-order valence-electron chi connectivity index (χ1n) is 12.1. The number of para-hydroxylation sites is 1. The van der Waals surface area contributed by atoms with Crippen LogP contribution in [0.1, 0.15) is 40.0 Å². The van der Waals surface area contributed by atoms with Gasteiger partial charge in [0.25, 0.3) is 5.91 Å². The number of carbonyl (C=O) groups excluding carboxylic acids is 1. The zero-order valence-corrected chi connectivity index (χ0v) is 22.3. The van der Waals surface area contributed by atoms with Crippen LogP contribution < -0.4 is 5.32 Å². The first-order chi connectivity index (χ1) is 18.1. The van der Waals surface area contributed by atoms with Crippen LogP contribution in [0.15, 0.2) is 87.9 Å². The lowest BCUT2D eigenvalue weighted by Gasteiger charge is -2.13. The maximum Gasteiger partial charge on any atom is 0.270 e. The molecule has 5 rings (SSSR count). The van der Waals surface area contributed by atoms with Crippen LogP contribution >= 0.6 is 23.1 Å². The van der Waals surface area contributed by atoms with E-state index in [9.17, 15) is 4.79 Å². The third-order valence-electron chi connectivity index (χ3n) is 5.93. The summed E-state index contributed by atoms with van der Waals surface area (Å²) in [5, 5.41) is 15.3. The van der Waals surface area contributed by atoms with Gasteiger partial charge in [-0.05, 0) is 56.0 Å². The Bertz CT molecular complexity index is 1460. The Balaban J connectivity index is 1.25. The van der Waals surface area contributed by atoms with Gasteiger partial charge in [-0.25, -0.2) is 4.98 Å². The normalized spacial score (nSPS) is 11.9. The van der Waals surface area contributed by atoms with Crippen molar-refractivity contribution in [2.75, 3.05) is 0 Å². The zero-order chi connectivity index (χ0) is 25.6. The maximum atomic E-state index is 12.8. The molecule has 0 aliphatic rings. The molecule has 0 saturated heterocycles. The molecule has 3 heterocycles. The SMILES string of the molecule is Cc1ccccc1-n1c(SCc2nc(C(=O)NC(C)CCc3ccccc3)cs2)nnc1-c1ccco1. The number of benzene rings is 2. The van der Waals surface area contributed by atoms with Crippen molar-refractivity contribution in [3.8, 4) is 17.3 Å². The Labute approximate surface area is 224 Å². The number of rotatable bonds is 10. The number of hydrogen-bond donors (Lipinski definition) is 1. The Morgan fingerprint density at radius 2 is 1.89 bits per heavy atom. The van der Waals surface area contributed by atoms with Crippen LogP contribution in [0.3, 0.4) is 0 Å². The predicted molar refractivity (Wildman–Crippen MR) is 147 cm³/mol. The van der Waals surface area contributed by atoms with E-state index in [1.807, 2.05) is 65.4 Å². The van der Waals surface area contributed by atoms with Crippen molar-refractivity contribution in [2.45, 2.75) is 43.6 Å². The molecule has 9 heteroatoms. The Hall–Kier alpha value is -3.69. The minimum atomic E-state index is -0.142. The number of aryl methyl sites for hydroxylation is 2. The highest BCUT2D eigenvalue weighted by molar-refractivity contribution is 7.98. The molecule has 0 bridgehead atoms. The summed E-state index contributed by atoms with van der Waals surface area (Å²) in [5.74, 6) is 1.72. The van der Waals surface area contributed by atoms with Gasteiger partial charge in [0.2, 0.25) is 5.82 Å². The number of carbonyl (C=O) groups is 1. The number of thioether (sulfide) groups is 1. The summed E-state index contributed by atoms with van der Waals surface area (Å²) in [6.07, 6.45) is 3.42. The Morgan fingerprint density at radius 3 is 2.68 bits per heavy atom. The number of nitrogens with zero attached hydrogens (tertiary/aromatic N) is 4. The maximum absolute atomic E-state index is 12.8. The van der Waals surface area contributed by atoms with Gasteiger partial charge in [0, 0.05) is 11.4 Å². The smallest absolute Gasteiger partial charge is 0.270 e. The number of aromatic nitrogens is 4. The molecule has 37 heavy (non-hydrogen) atoms. The predicted octanol–water partition coefficient (Wildman–Crippen LogP) is 6.34. The van der Waals surface area contributed by atoms with Gasteiger partial charge < -0.3 is 9.73 Å². The van der Waals surface area contributed by atoms with Crippen molar-refractivity contribution < 1.29 is 9.21 Å². The van der Waals surface area contributed by atoms with Gasteiger partial charge in [0.05, 0.1) is 17.7 Å². The van der Waals surface area contributed by atoms with Crippen LogP contribution in [0.5, 0.6) is 0 Å². The van der Waals surface area contributed by atoms with Gasteiger partial charge in [0.1, 0.15) is 10.7 Å². The molecule has 0 aliphatic carbocycles.